The Hall–Kier alpha value is -1.71. The van der Waals surface area contributed by atoms with Crippen LogP contribution in [0.5, 0.6) is 5.75 Å². The van der Waals surface area contributed by atoms with Gasteiger partial charge in [0.1, 0.15) is 5.75 Å². The zero-order valence-electron chi connectivity index (χ0n) is 13.8. The number of halogens is 2. The van der Waals surface area contributed by atoms with Gasteiger partial charge in [-0.05, 0) is 55.7 Å². The van der Waals surface area contributed by atoms with Crippen molar-refractivity contribution in [2.24, 2.45) is 0 Å². The lowest BCUT2D eigenvalue weighted by Gasteiger charge is -2.10. The second-order valence-electron chi connectivity index (χ2n) is 5.82. The van der Waals surface area contributed by atoms with E-state index < -0.39 is 0 Å². The predicted octanol–water partition coefficient (Wildman–Crippen LogP) is 4.68. The maximum Gasteiger partial charge on any atom is 0.224 e. The van der Waals surface area contributed by atoms with Crippen LogP contribution in [-0.2, 0) is 17.6 Å². The third-order valence-electron chi connectivity index (χ3n) is 3.40. The fraction of sp³-hybridized carbons (Fsp3) is 0.316. The molecule has 0 aliphatic heterocycles. The fourth-order valence-electron chi connectivity index (χ4n) is 2.25. The summed E-state index contributed by atoms with van der Waals surface area (Å²) in [7, 11) is 0. The number of carbonyl (C=O) groups is 1. The normalized spacial score (nSPS) is 10.7. The molecular formula is C19H21Cl2NO2. The largest absolute Gasteiger partial charge is 0.491 e. The van der Waals surface area contributed by atoms with E-state index in [0.717, 1.165) is 23.3 Å². The quantitative estimate of drug-likeness (QED) is 0.773. The molecule has 2 aromatic carbocycles. The number of nitrogens with one attached hydrogen (secondary N) is 1. The molecule has 5 heteroatoms. The monoisotopic (exact) mass is 365 g/mol. The van der Waals surface area contributed by atoms with Crippen LogP contribution in [0.4, 0.5) is 0 Å². The molecule has 0 atom stereocenters. The summed E-state index contributed by atoms with van der Waals surface area (Å²) in [4.78, 5) is 12.0. The summed E-state index contributed by atoms with van der Waals surface area (Å²) in [6.07, 6.45) is 1.17. The number of hydrogen-bond acceptors (Lipinski definition) is 2. The highest BCUT2D eigenvalue weighted by atomic mass is 35.5. The van der Waals surface area contributed by atoms with Gasteiger partial charge in [-0.1, -0.05) is 41.4 Å². The van der Waals surface area contributed by atoms with Gasteiger partial charge in [0.15, 0.2) is 0 Å². The summed E-state index contributed by atoms with van der Waals surface area (Å²) in [6.45, 7) is 4.57. The molecule has 1 N–H and O–H groups in total. The van der Waals surface area contributed by atoms with E-state index in [0.29, 0.717) is 16.6 Å². The van der Waals surface area contributed by atoms with Crippen LogP contribution in [0.25, 0.3) is 0 Å². The van der Waals surface area contributed by atoms with Gasteiger partial charge < -0.3 is 10.1 Å². The standard InChI is InChI=1S/C19H21Cl2NO2/c1-13(2)24-17-7-3-14(4-8-17)9-10-22-19(23)11-15-5-6-16(20)12-18(15)21/h3-8,12-13H,9-11H2,1-2H3,(H,22,23). The number of carbonyl (C=O) groups excluding carboxylic acids is 1. The van der Waals surface area contributed by atoms with Crippen molar-refractivity contribution in [2.75, 3.05) is 6.54 Å². The molecule has 0 heterocycles. The summed E-state index contributed by atoms with van der Waals surface area (Å²) in [6, 6.07) is 13.1. The van der Waals surface area contributed by atoms with Gasteiger partial charge >= 0.3 is 0 Å². The van der Waals surface area contributed by atoms with E-state index in [4.69, 9.17) is 27.9 Å². The van der Waals surface area contributed by atoms with Gasteiger partial charge in [0.05, 0.1) is 12.5 Å². The summed E-state index contributed by atoms with van der Waals surface area (Å²) in [5, 5.41) is 3.98. The summed E-state index contributed by atoms with van der Waals surface area (Å²) < 4.78 is 5.61. The van der Waals surface area contributed by atoms with Gasteiger partial charge in [0.25, 0.3) is 0 Å². The van der Waals surface area contributed by atoms with Gasteiger partial charge in [-0.25, -0.2) is 0 Å². The highest BCUT2D eigenvalue weighted by Crippen LogP contribution is 2.21. The summed E-state index contributed by atoms with van der Waals surface area (Å²) in [5.41, 5.74) is 1.92. The maximum atomic E-state index is 12.0. The Labute approximate surface area is 152 Å². The van der Waals surface area contributed by atoms with E-state index in [1.54, 1.807) is 18.2 Å². The number of benzene rings is 2. The minimum atomic E-state index is -0.0565. The van der Waals surface area contributed by atoms with E-state index in [1.165, 1.54) is 0 Å². The van der Waals surface area contributed by atoms with Crippen molar-refractivity contribution < 1.29 is 9.53 Å². The Morgan fingerprint density at radius 1 is 1.12 bits per heavy atom. The topological polar surface area (TPSA) is 38.3 Å². The Morgan fingerprint density at radius 2 is 1.83 bits per heavy atom. The molecule has 0 saturated carbocycles. The molecule has 2 aromatic rings. The van der Waals surface area contributed by atoms with Gasteiger partial charge in [0.2, 0.25) is 5.91 Å². The number of ether oxygens (including phenoxy) is 1. The Balaban J connectivity index is 1.78. The zero-order valence-corrected chi connectivity index (χ0v) is 15.3. The first-order valence-electron chi connectivity index (χ1n) is 7.90. The summed E-state index contributed by atoms with van der Waals surface area (Å²) in [5.74, 6) is 0.800. The van der Waals surface area contributed by atoms with Gasteiger partial charge in [-0.3, -0.25) is 4.79 Å². The van der Waals surface area contributed by atoms with Crippen molar-refractivity contribution in [2.45, 2.75) is 32.8 Å². The van der Waals surface area contributed by atoms with Crippen molar-refractivity contribution in [3.05, 3.63) is 63.6 Å². The van der Waals surface area contributed by atoms with Crippen LogP contribution in [0.15, 0.2) is 42.5 Å². The molecule has 24 heavy (non-hydrogen) atoms. The molecule has 0 bridgehead atoms. The highest BCUT2D eigenvalue weighted by molar-refractivity contribution is 6.35. The fourth-order valence-corrected chi connectivity index (χ4v) is 2.73. The first kappa shape index (κ1) is 18.6. The SMILES string of the molecule is CC(C)Oc1ccc(CCNC(=O)Cc2ccc(Cl)cc2Cl)cc1. The predicted molar refractivity (Wildman–Crippen MR) is 99.1 cm³/mol. The molecular weight excluding hydrogens is 345 g/mol. The van der Waals surface area contributed by atoms with Crippen molar-refractivity contribution in [3.8, 4) is 5.75 Å². The van der Waals surface area contributed by atoms with E-state index in [9.17, 15) is 4.79 Å². The molecule has 0 saturated heterocycles. The van der Waals surface area contributed by atoms with Crippen molar-refractivity contribution >= 4 is 29.1 Å². The van der Waals surface area contributed by atoms with Crippen LogP contribution in [0.2, 0.25) is 10.0 Å². The van der Waals surface area contributed by atoms with Crippen LogP contribution in [0.1, 0.15) is 25.0 Å². The second kappa shape index (κ2) is 8.95. The lowest BCUT2D eigenvalue weighted by molar-refractivity contribution is -0.120. The Bertz CT molecular complexity index is 684. The lowest BCUT2D eigenvalue weighted by Crippen LogP contribution is -2.27. The number of amides is 1. The number of hydrogen-bond donors (Lipinski definition) is 1. The summed E-state index contributed by atoms with van der Waals surface area (Å²) >= 11 is 11.9. The highest BCUT2D eigenvalue weighted by Gasteiger charge is 2.07. The smallest absolute Gasteiger partial charge is 0.224 e. The average molecular weight is 366 g/mol. The Kier molecular flexibility index (Phi) is 6.95. The van der Waals surface area contributed by atoms with Crippen LogP contribution >= 0.6 is 23.2 Å². The second-order valence-corrected chi connectivity index (χ2v) is 6.67. The van der Waals surface area contributed by atoms with Crippen molar-refractivity contribution in [1.29, 1.82) is 0 Å². The maximum absolute atomic E-state index is 12.0. The van der Waals surface area contributed by atoms with E-state index in [-0.39, 0.29) is 18.4 Å². The molecule has 1 amide bonds. The molecule has 0 aromatic heterocycles. The molecule has 128 valence electrons. The third-order valence-corrected chi connectivity index (χ3v) is 3.98. The van der Waals surface area contributed by atoms with Gasteiger partial charge in [-0.15, -0.1) is 0 Å². The first-order valence-corrected chi connectivity index (χ1v) is 8.66. The van der Waals surface area contributed by atoms with E-state index in [2.05, 4.69) is 5.32 Å². The molecule has 0 aliphatic rings. The minimum absolute atomic E-state index is 0.0565. The van der Waals surface area contributed by atoms with Crippen LogP contribution in [0.3, 0.4) is 0 Å². The number of rotatable bonds is 7. The average Bonchev–Trinajstić information content (AvgIpc) is 2.51. The molecule has 0 spiro atoms. The van der Waals surface area contributed by atoms with Gasteiger partial charge in [0, 0.05) is 16.6 Å². The van der Waals surface area contributed by atoms with Crippen molar-refractivity contribution in [3.63, 3.8) is 0 Å². The molecule has 0 fully saturated rings. The van der Waals surface area contributed by atoms with E-state index >= 15 is 0 Å². The third kappa shape index (κ3) is 6.06. The van der Waals surface area contributed by atoms with Crippen molar-refractivity contribution in [1.82, 2.24) is 5.32 Å². The Morgan fingerprint density at radius 3 is 2.46 bits per heavy atom. The van der Waals surface area contributed by atoms with Gasteiger partial charge in [-0.2, -0.15) is 0 Å². The van der Waals surface area contributed by atoms with Crippen LogP contribution in [-0.4, -0.2) is 18.6 Å². The van der Waals surface area contributed by atoms with Crippen LogP contribution in [0, 0.1) is 0 Å². The minimum Gasteiger partial charge on any atom is -0.491 e. The molecule has 2 rings (SSSR count). The first-order chi connectivity index (χ1) is 11.4. The zero-order chi connectivity index (χ0) is 17.5. The lowest BCUT2D eigenvalue weighted by atomic mass is 10.1. The molecule has 0 unspecified atom stereocenters. The van der Waals surface area contributed by atoms with Crippen LogP contribution < -0.4 is 10.1 Å². The molecule has 0 radical (unpaired) electrons. The molecule has 0 aliphatic carbocycles. The van der Waals surface area contributed by atoms with E-state index in [1.807, 2.05) is 38.1 Å². The molecule has 3 nitrogen and oxygen atoms in total.